The van der Waals surface area contributed by atoms with Crippen LogP contribution in [-0.2, 0) is 6.42 Å². The van der Waals surface area contributed by atoms with Gasteiger partial charge in [0.15, 0.2) is 5.22 Å². The second-order valence-corrected chi connectivity index (χ2v) is 5.01. The predicted octanol–water partition coefficient (Wildman–Crippen LogP) is 3.57. The van der Waals surface area contributed by atoms with Gasteiger partial charge >= 0.3 is 0 Å². The first-order chi connectivity index (χ1) is 8.65. The molecule has 3 nitrogen and oxygen atoms in total. The van der Waals surface area contributed by atoms with Crippen molar-refractivity contribution in [3.8, 4) is 5.75 Å². The lowest BCUT2D eigenvalue weighted by Gasteiger charge is -2.14. The minimum atomic E-state index is -0.428. The van der Waals surface area contributed by atoms with Gasteiger partial charge in [0.1, 0.15) is 11.5 Å². The van der Waals surface area contributed by atoms with Crippen LogP contribution in [0.4, 0.5) is 0 Å². The number of benzene rings is 1. The molecule has 0 saturated heterocycles. The second kappa shape index (κ2) is 4.50. The summed E-state index contributed by atoms with van der Waals surface area (Å²) in [6.45, 7) is 0.661. The highest BCUT2D eigenvalue weighted by Gasteiger charge is 2.24. The maximum Gasteiger partial charge on any atom is 0.193 e. The Labute approximate surface area is 114 Å². The van der Waals surface area contributed by atoms with Crippen LogP contribution in [0.5, 0.6) is 5.75 Å². The van der Waals surface area contributed by atoms with Crippen molar-refractivity contribution in [3.63, 3.8) is 0 Å². The predicted molar refractivity (Wildman–Crippen MR) is 70.4 cm³/mol. The van der Waals surface area contributed by atoms with E-state index in [-0.39, 0.29) is 0 Å². The average molecular weight is 284 g/mol. The van der Waals surface area contributed by atoms with E-state index in [0.717, 1.165) is 23.3 Å². The van der Waals surface area contributed by atoms with E-state index in [2.05, 4.69) is 0 Å². The highest BCUT2D eigenvalue weighted by molar-refractivity contribution is 6.30. The molecule has 94 valence electrons. The van der Waals surface area contributed by atoms with E-state index < -0.39 is 6.04 Å². The number of ether oxygens (including phenoxy) is 1. The molecule has 0 spiro atoms. The SMILES string of the molecule is NC(c1ccc(Cl)o1)c1cc(Cl)cc2c1OCC2. The van der Waals surface area contributed by atoms with Gasteiger partial charge in [0.05, 0.1) is 12.6 Å². The minimum absolute atomic E-state index is 0.319. The standard InChI is InChI=1S/C13H11Cl2NO2/c14-8-5-7-3-4-17-13(7)9(6-8)12(16)10-1-2-11(15)18-10/h1-2,5-6,12H,3-4,16H2. The first-order valence-electron chi connectivity index (χ1n) is 5.61. The molecule has 3 rings (SSSR count). The molecule has 1 aromatic heterocycles. The average Bonchev–Trinajstić information content (AvgIpc) is 2.95. The van der Waals surface area contributed by atoms with Crippen LogP contribution in [0.1, 0.15) is 22.9 Å². The maximum absolute atomic E-state index is 6.18. The zero-order chi connectivity index (χ0) is 12.7. The van der Waals surface area contributed by atoms with Crippen molar-refractivity contribution < 1.29 is 9.15 Å². The smallest absolute Gasteiger partial charge is 0.193 e. The van der Waals surface area contributed by atoms with Gasteiger partial charge in [-0.25, -0.2) is 0 Å². The van der Waals surface area contributed by atoms with E-state index >= 15 is 0 Å². The molecule has 0 radical (unpaired) electrons. The van der Waals surface area contributed by atoms with Gasteiger partial charge in [0.2, 0.25) is 0 Å². The number of halogens is 2. The molecule has 1 atom stereocenters. The van der Waals surface area contributed by atoms with Gasteiger partial charge in [0, 0.05) is 17.0 Å². The molecule has 2 heterocycles. The molecule has 0 amide bonds. The third-order valence-corrected chi connectivity index (χ3v) is 3.43. The van der Waals surface area contributed by atoms with Crippen LogP contribution in [0.3, 0.4) is 0 Å². The molecule has 0 aliphatic carbocycles. The molecule has 1 aliphatic rings. The Morgan fingerprint density at radius 1 is 1.22 bits per heavy atom. The Morgan fingerprint density at radius 2 is 2.06 bits per heavy atom. The third-order valence-electron chi connectivity index (χ3n) is 3.01. The van der Waals surface area contributed by atoms with Gasteiger partial charge in [-0.2, -0.15) is 0 Å². The van der Waals surface area contributed by atoms with Crippen molar-refractivity contribution in [1.82, 2.24) is 0 Å². The Hall–Kier alpha value is -1.16. The highest BCUT2D eigenvalue weighted by atomic mass is 35.5. The quantitative estimate of drug-likeness (QED) is 0.917. The molecule has 0 saturated carbocycles. The Morgan fingerprint density at radius 3 is 2.78 bits per heavy atom. The first kappa shape index (κ1) is 11.9. The molecule has 18 heavy (non-hydrogen) atoms. The van der Waals surface area contributed by atoms with Crippen LogP contribution in [-0.4, -0.2) is 6.61 Å². The molecule has 1 unspecified atom stereocenters. The number of fused-ring (bicyclic) bond motifs is 1. The van der Waals surface area contributed by atoms with Crippen molar-refractivity contribution in [2.45, 2.75) is 12.5 Å². The normalized spacial score (nSPS) is 15.3. The fourth-order valence-electron chi connectivity index (χ4n) is 2.18. The number of hydrogen-bond acceptors (Lipinski definition) is 3. The van der Waals surface area contributed by atoms with Gasteiger partial charge in [-0.05, 0) is 41.4 Å². The summed E-state index contributed by atoms with van der Waals surface area (Å²) < 4.78 is 11.0. The molecular weight excluding hydrogens is 273 g/mol. The van der Waals surface area contributed by atoms with Crippen molar-refractivity contribution in [1.29, 1.82) is 0 Å². The summed E-state index contributed by atoms with van der Waals surface area (Å²) in [7, 11) is 0. The van der Waals surface area contributed by atoms with Crippen LogP contribution in [0.25, 0.3) is 0 Å². The zero-order valence-electron chi connectivity index (χ0n) is 9.45. The van der Waals surface area contributed by atoms with Crippen LogP contribution < -0.4 is 10.5 Å². The molecule has 2 aromatic rings. The Balaban J connectivity index is 2.06. The lowest BCUT2D eigenvalue weighted by molar-refractivity contribution is 0.350. The molecule has 0 bridgehead atoms. The summed E-state index contributed by atoms with van der Waals surface area (Å²) in [5.41, 5.74) is 8.10. The van der Waals surface area contributed by atoms with E-state index in [9.17, 15) is 0 Å². The molecular formula is C13H11Cl2NO2. The second-order valence-electron chi connectivity index (χ2n) is 4.20. The van der Waals surface area contributed by atoms with E-state index in [4.69, 9.17) is 38.1 Å². The molecule has 5 heteroatoms. The molecule has 2 N–H and O–H groups in total. The topological polar surface area (TPSA) is 48.4 Å². The van der Waals surface area contributed by atoms with E-state index in [1.165, 1.54) is 0 Å². The summed E-state index contributed by atoms with van der Waals surface area (Å²) in [6.07, 6.45) is 0.856. The monoisotopic (exact) mass is 283 g/mol. The number of hydrogen-bond donors (Lipinski definition) is 1. The summed E-state index contributed by atoms with van der Waals surface area (Å²) in [4.78, 5) is 0. The fraction of sp³-hybridized carbons (Fsp3) is 0.231. The van der Waals surface area contributed by atoms with Gasteiger partial charge < -0.3 is 14.9 Å². The minimum Gasteiger partial charge on any atom is -0.493 e. The largest absolute Gasteiger partial charge is 0.493 e. The van der Waals surface area contributed by atoms with Gasteiger partial charge in [-0.3, -0.25) is 0 Å². The van der Waals surface area contributed by atoms with Crippen LogP contribution >= 0.6 is 23.2 Å². The van der Waals surface area contributed by atoms with E-state index in [1.54, 1.807) is 12.1 Å². The maximum atomic E-state index is 6.18. The van der Waals surface area contributed by atoms with Crippen LogP contribution in [0.2, 0.25) is 10.2 Å². The Kier molecular flexibility index (Phi) is 2.98. The molecule has 1 aliphatic heterocycles. The van der Waals surface area contributed by atoms with E-state index in [0.29, 0.717) is 22.6 Å². The summed E-state index contributed by atoms with van der Waals surface area (Å²) in [5.74, 6) is 1.42. The van der Waals surface area contributed by atoms with Crippen LogP contribution in [0.15, 0.2) is 28.7 Å². The number of nitrogens with two attached hydrogens (primary N) is 1. The van der Waals surface area contributed by atoms with Crippen molar-refractivity contribution in [3.05, 3.63) is 51.4 Å². The number of furan rings is 1. The summed E-state index contributed by atoms with van der Waals surface area (Å²) >= 11 is 11.9. The van der Waals surface area contributed by atoms with Crippen molar-refractivity contribution >= 4 is 23.2 Å². The fourth-order valence-corrected chi connectivity index (χ4v) is 2.58. The Bertz CT molecular complexity index is 595. The summed E-state index contributed by atoms with van der Waals surface area (Å²) in [5, 5.41) is 0.974. The molecule has 0 fully saturated rings. The highest BCUT2D eigenvalue weighted by Crippen LogP contribution is 2.38. The van der Waals surface area contributed by atoms with Crippen molar-refractivity contribution in [2.24, 2.45) is 5.73 Å². The summed E-state index contributed by atoms with van der Waals surface area (Å²) in [6, 6.07) is 6.72. The van der Waals surface area contributed by atoms with Gasteiger partial charge in [-0.15, -0.1) is 0 Å². The molecule has 1 aromatic carbocycles. The third kappa shape index (κ3) is 1.99. The van der Waals surface area contributed by atoms with Crippen molar-refractivity contribution in [2.75, 3.05) is 6.61 Å². The lowest BCUT2D eigenvalue weighted by Crippen LogP contribution is -2.12. The van der Waals surface area contributed by atoms with E-state index in [1.807, 2.05) is 12.1 Å². The van der Waals surface area contributed by atoms with Gasteiger partial charge in [0.25, 0.3) is 0 Å². The van der Waals surface area contributed by atoms with Gasteiger partial charge in [-0.1, -0.05) is 11.6 Å². The first-order valence-corrected chi connectivity index (χ1v) is 6.36. The zero-order valence-corrected chi connectivity index (χ0v) is 11.0. The number of rotatable bonds is 2. The lowest BCUT2D eigenvalue weighted by atomic mass is 10.0. The van der Waals surface area contributed by atoms with Crippen LogP contribution in [0, 0.1) is 0 Å².